The van der Waals surface area contributed by atoms with Crippen molar-refractivity contribution in [2.75, 3.05) is 31.5 Å². The molecule has 1 spiro atoms. The number of urea groups is 1. The van der Waals surface area contributed by atoms with E-state index in [9.17, 15) is 9.59 Å². The van der Waals surface area contributed by atoms with Gasteiger partial charge in [0.15, 0.2) is 11.5 Å². The van der Waals surface area contributed by atoms with E-state index < -0.39 is 5.79 Å². The summed E-state index contributed by atoms with van der Waals surface area (Å²) in [5, 5.41) is 2.97. The Balaban J connectivity index is 1.12. The maximum absolute atomic E-state index is 12.7. The quantitative estimate of drug-likeness (QED) is 0.814. The molecule has 2 saturated carbocycles. The number of amides is 3. The number of anilines is 1. The zero-order chi connectivity index (χ0) is 20.6. The van der Waals surface area contributed by atoms with Gasteiger partial charge in [0.25, 0.3) is 5.79 Å². The molecule has 0 aromatic heterocycles. The molecule has 1 aromatic rings. The van der Waals surface area contributed by atoms with Crippen molar-refractivity contribution in [3.8, 4) is 11.5 Å². The summed E-state index contributed by atoms with van der Waals surface area (Å²) < 4.78 is 12.1. The van der Waals surface area contributed by atoms with Crippen LogP contribution in [0.5, 0.6) is 11.5 Å². The van der Waals surface area contributed by atoms with Crippen molar-refractivity contribution >= 4 is 17.6 Å². The Labute approximate surface area is 177 Å². The lowest BCUT2D eigenvalue weighted by molar-refractivity contribution is -0.133. The van der Waals surface area contributed by atoms with Gasteiger partial charge in [0.1, 0.15) is 0 Å². The van der Waals surface area contributed by atoms with E-state index in [2.05, 4.69) is 5.32 Å². The number of ether oxygens (including phenoxy) is 2. The summed E-state index contributed by atoms with van der Waals surface area (Å²) in [6, 6.07) is 5.45. The van der Waals surface area contributed by atoms with Gasteiger partial charge in [0.05, 0.1) is 0 Å². The molecule has 1 N–H and O–H groups in total. The minimum absolute atomic E-state index is 0.132. The minimum Gasteiger partial charge on any atom is -0.448 e. The molecule has 2 aliphatic heterocycles. The highest BCUT2D eigenvalue weighted by molar-refractivity contribution is 5.90. The van der Waals surface area contributed by atoms with Gasteiger partial charge in [0.2, 0.25) is 5.91 Å². The lowest BCUT2D eigenvalue weighted by Crippen LogP contribution is -2.51. The average Bonchev–Trinajstić information content (AvgIpc) is 3.49. The van der Waals surface area contributed by atoms with E-state index in [0.29, 0.717) is 50.0 Å². The molecule has 162 valence electrons. The topological polar surface area (TPSA) is 71.1 Å². The first-order valence-electron chi connectivity index (χ1n) is 11.5. The summed E-state index contributed by atoms with van der Waals surface area (Å²) in [5.74, 6) is 1.78. The first-order valence-corrected chi connectivity index (χ1v) is 11.5. The van der Waals surface area contributed by atoms with Gasteiger partial charge in [-0.15, -0.1) is 0 Å². The molecule has 0 radical (unpaired) electrons. The summed E-state index contributed by atoms with van der Waals surface area (Å²) in [5.41, 5.74) is 0.706. The normalized spacial score (nSPS) is 22.7. The van der Waals surface area contributed by atoms with Crippen LogP contribution in [0.15, 0.2) is 18.2 Å². The number of rotatable bonds is 3. The summed E-state index contributed by atoms with van der Waals surface area (Å²) >= 11 is 0. The standard InChI is InChI=1S/C23H31N3O4/c27-21(15-17-5-1-2-6-17)25-11-13-26(14-12-25)22(28)24-18-7-8-19-20(16-18)30-23(29-19)9-3-4-10-23/h7-8,16-17H,1-6,9-15H2,(H,24,28). The van der Waals surface area contributed by atoms with E-state index in [4.69, 9.17) is 9.47 Å². The fraction of sp³-hybridized carbons (Fsp3) is 0.652. The molecule has 1 aromatic carbocycles. The first kappa shape index (κ1) is 19.5. The number of hydrogen-bond acceptors (Lipinski definition) is 4. The van der Waals surface area contributed by atoms with Crippen LogP contribution in [0.3, 0.4) is 0 Å². The van der Waals surface area contributed by atoms with E-state index in [1.807, 2.05) is 23.1 Å². The number of carbonyl (C=O) groups excluding carboxylic acids is 2. The molecule has 1 saturated heterocycles. The highest BCUT2D eigenvalue weighted by atomic mass is 16.7. The van der Waals surface area contributed by atoms with Crippen molar-refractivity contribution < 1.29 is 19.1 Å². The molecule has 7 heteroatoms. The van der Waals surface area contributed by atoms with E-state index in [-0.39, 0.29) is 11.9 Å². The van der Waals surface area contributed by atoms with Crippen molar-refractivity contribution in [2.45, 2.75) is 63.6 Å². The summed E-state index contributed by atoms with van der Waals surface area (Å²) in [6.45, 7) is 2.36. The molecule has 30 heavy (non-hydrogen) atoms. The monoisotopic (exact) mass is 413 g/mol. The van der Waals surface area contributed by atoms with Gasteiger partial charge < -0.3 is 24.6 Å². The van der Waals surface area contributed by atoms with Crippen molar-refractivity contribution in [3.63, 3.8) is 0 Å². The fourth-order valence-corrected chi connectivity index (χ4v) is 5.24. The third kappa shape index (κ3) is 3.94. The lowest BCUT2D eigenvalue weighted by atomic mass is 10.0. The van der Waals surface area contributed by atoms with Crippen molar-refractivity contribution in [1.82, 2.24) is 9.80 Å². The zero-order valence-corrected chi connectivity index (χ0v) is 17.5. The molecule has 5 rings (SSSR count). The smallest absolute Gasteiger partial charge is 0.321 e. The second-order valence-electron chi connectivity index (χ2n) is 9.14. The Morgan fingerprint density at radius 2 is 1.60 bits per heavy atom. The van der Waals surface area contributed by atoms with E-state index in [1.54, 1.807) is 4.90 Å². The zero-order valence-electron chi connectivity index (χ0n) is 17.5. The largest absolute Gasteiger partial charge is 0.448 e. The van der Waals surface area contributed by atoms with Gasteiger partial charge in [-0.2, -0.15) is 0 Å². The SMILES string of the molecule is O=C(CC1CCCC1)N1CCN(C(=O)Nc2ccc3c(c2)OC2(CCCC2)O3)CC1. The van der Waals surface area contributed by atoms with E-state index in [1.165, 1.54) is 25.7 Å². The van der Waals surface area contributed by atoms with Crippen LogP contribution in [0.1, 0.15) is 57.8 Å². The van der Waals surface area contributed by atoms with Gasteiger partial charge in [-0.05, 0) is 43.7 Å². The van der Waals surface area contributed by atoms with Gasteiger partial charge in [-0.3, -0.25) is 4.79 Å². The molecular formula is C23H31N3O4. The Bertz CT molecular complexity index is 807. The van der Waals surface area contributed by atoms with Gasteiger partial charge in [-0.1, -0.05) is 12.8 Å². The highest BCUT2D eigenvalue weighted by Gasteiger charge is 2.44. The van der Waals surface area contributed by atoms with E-state index >= 15 is 0 Å². The van der Waals surface area contributed by atoms with Crippen molar-refractivity contribution in [1.29, 1.82) is 0 Å². The third-order valence-electron chi connectivity index (χ3n) is 7.01. The molecule has 0 unspecified atom stereocenters. The molecule has 3 amide bonds. The second-order valence-corrected chi connectivity index (χ2v) is 9.14. The predicted molar refractivity (Wildman–Crippen MR) is 113 cm³/mol. The summed E-state index contributed by atoms with van der Waals surface area (Å²) in [6.07, 6.45) is 9.61. The number of hydrogen-bond donors (Lipinski definition) is 1. The maximum Gasteiger partial charge on any atom is 0.321 e. The number of fused-ring (bicyclic) bond motifs is 1. The van der Waals surface area contributed by atoms with Crippen LogP contribution >= 0.6 is 0 Å². The third-order valence-corrected chi connectivity index (χ3v) is 7.01. The van der Waals surface area contributed by atoms with Crippen LogP contribution in [0, 0.1) is 5.92 Å². The van der Waals surface area contributed by atoms with E-state index in [0.717, 1.165) is 31.4 Å². The number of carbonyl (C=O) groups is 2. The maximum atomic E-state index is 12.7. The van der Waals surface area contributed by atoms with Crippen LogP contribution < -0.4 is 14.8 Å². The number of piperazine rings is 1. The molecular weight excluding hydrogens is 382 g/mol. The van der Waals surface area contributed by atoms with Gasteiger partial charge in [0, 0.05) is 57.2 Å². The lowest BCUT2D eigenvalue weighted by Gasteiger charge is -2.35. The summed E-state index contributed by atoms with van der Waals surface area (Å²) in [4.78, 5) is 28.9. The predicted octanol–water partition coefficient (Wildman–Crippen LogP) is 3.98. The Kier molecular flexibility index (Phi) is 5.21. The number of benzene rings is 1. The fourth-order valence-electron chi connectivity index (χ4n) is 5.24. The van der Waals surface area contributed by atoms with Crippen molar-refractivity contribution in [3.05, 3.63) is 18.2 Å². The molecule has 2 heterocycles. The van der Waals surface area contributed by atoms with Crippen LogP contribution in [0.25, 0.3) is 0 Å². The Hall–Kier alpha value is -2.44. The second kappa shape index (κ2) is 8.00. The van der Waals surface area contributed by atoms with Crippen LogP contribution in [0.2, 0.25) is 0 Å². The average molecular weight is 414 g/mol. The molecule has 4 aliphatic rings. The molecule has 0 atom stereocenters. The number of nitrogens with zero attached hydrogens (tertiary/aromatic N) is 2. The molecule has 0 bridgehead atoms. The summed E-state index contributed by atoms with van der Waals surface area (Å²) in [7, 11) is 0. The van der Waals surface area contributed by atoms with Crippen LogP contribution in [-0.2, 0) is 4.79 Å². The number of nitrogens with one attached hydrogen (secondary N) is 1. The van der Waals surface area contributed by atoms with Crippen LogP contribution in [0.4, 0.5) is 10.5 Å². The van der Waals surface area contributed by atoms with Crippen LogP contribution in [-0.4, -0.2) is 53.7 Å². The van der Waals surface area contributed by atoms with Crippen molar-refractivity contribution in [2.24, 2.45) is 5.92 Å². The Morgan fingerprint density at radius 3 is 2.33 bits per heavy atom. The highest BCUT2D eigenvalue weighted by Crippen LogP contribution is 2.47. The molecule has 7 nitrogen and oxygen atoms in total. The first-order chi connectivity index (χ1) is 14.6. The minimum atomic E-state index is -0.494. The molecule has 3 fully saturated rings. The van der Waals surface area contributed by atoms with Gasteiger partial charge >= 0.3 is 6.03 Å². The molecule has 2 aliphatic carbocycles. The Morgan fingerprint density at radius 1 is 0.933 bits per heavy atom. The van der Waals surface area contributed by atoms with Gasteiger partial charge in [-0.25, -0.2) is 4.79 Å².